The summed E-state index contributed by atoms with van der Waals surface area (Å²) in [6, 6.07) is 7.46. The van der Waals surface area contributed by atoms with Gasteiger partial charge in [-0.05, 0) is 17.0 Å². The molecule has 2 aromatic rings. The predicted molar refractivity (Wildman–Crippen MR) is 66.2 cm³/mol. The van der Waals surface area contributed by atoms with Gasteiger partial charge in [0.15, 0.2) is 6.04 Å². The van der Waals surface area contributed by atoms with Crippen LogP contribution in [0.3, 0.4) is 0 Å². The van der Waals surface area contributed by atoms with E-state index in [1.54, 1.807) is 6.07 Å². The van der Waals surface area contributed by atoms with E-state index in [1.807, 2.05) is 18.2 Å². The van der Waals surface area contributed by atoms with Crippen LogP contribution in [0.2, 0.25) is 0 Å². The van der Waals surface area contributed by atoms with Gasteiger partial charge in [-0.15, -0.1) is 0 Å². The van der Waals surface area contributed by atoms with E-state index in [4.69, 9.17) is 10.5 Å². The number of pyridine rings is 1. The summed E-state index contributed by atoms with van der Waals surface area (Å²) in [6.07, 6.45) is 0. The zero-order chi connectivity index (χ0) is 12.9. The Morgan fingerprint density at radius 3 is 2.83 bits per heavy atom. The normalized spacial score (nSPS) is 21.2. The molecule has 1 aliphatic rings. The van der Waals surface area contributed by atoms with Crippen LogP contribution in [0.5, 0.6) is 0 Å². The Morgan fingerprint density at radius 2 is 2.11 bits per heavy atom. The average molecular weight is 244 g/mol. The van der Waals surface area contributed by atoms with Gasteiger partial charge in [0.1, 0.15) is 0 Å². The van der Waals surface area contributed by atoms with E-state index >= 15 is 0 Å². The number of hydrogen-bond acceptors (Lipinski definition) is 4. The summed E-state index contributed by atoms with van der Waals surface area (Å²) in [5.74, 6) is -0.492. The molecule has 1 aromatic heterocycles. The number of esters is 1. The standard InChI is InChI=1S/C13H12N2O3/c1-18-13(17)12-10(14)8-4-2-3-7-5-6-9(16)15(12)11(7)8/h2-6,10,12H,14H2,1H3/t10?,12-/m1/s1. The highest BCUT2D eigenvalue weighted by Crippen LogP contribution is 2.37. The number of ether oxygens (including phenoxy) is 1. The first-order valence-corrected chi connectivity index (χ1v) is 5.62. The fraction of sp³-hybridized carbons (Fsp3) is 0.231. The summed E-state index contributed by atoms with van der Waals surface area (Å²) in [7, 11) is 1.29. The lowest BCUT2D eigenvalue weighted by atomic mass is 10.0. The van der Waals surface area contributed by atoms with Crippen molar-refractivity contribution in [2.45, 2.75) is 12.1 Å². The van der Waals surface area contributed by atoms with Crippen molar-refractivity contribution in [2.75, 3.05) is 7.11 Å². The predicted octanol–water partition coefficient (Wildman–Crippen LogP) is 0.729. The second-order valence-corrected chi connectivity index (χ2v) is 4.32. The number of carbonyl (C=O) groups is 1. The first-order chi connectivity index (χ1) is 8.65. The minimum Gasteiger partial charge on any atom is -0.467 e. The van der Waals surface area contributed by atoms with Crippen LogP contribution in [-0.2, 0) is 9.53 Å². The molecule has 0 amide bonds. The second-order valence-electron chi connectivity index (χ2n) is 4.32. The lowest BCUT2D eigenvalue weighted by Crippen LogP contribution is -2.32. The molecule has 18 heavy (non-hydrogen) atoms. The quantitative estimate of drug-likeness (QED) is 0.750. The first-order valence-electron chi connectivity index (χ1n) is 5.62. The van der Waals surface area contributed by atoms with Gasteiger partial charge < -0.3 is 10.5 Å². The molecule has 2 heterocycles. The van der Waals surface area contributed by atoms with Crippen LogP contribution in [0, 0.1) is 0 Å². The van der Waals surface area contributed by atoms with Gasteiger partial charge in [0.05, 0.1) is 18.7 Å². The molecule has 92 valence electrons. The van der Waals surface area contributed by atoms with Crippen LogP contribution < -0.4 is 11.3 Å². The zero-order valence-electron chi connectivity index (χ0n) is 9.79. The molecule has 0 radical (unpaired) electrons. The molecule has 0 bridgehead atoms. The van der Waals surface area contributed by atoms with Crippen molar-refractivity contribution in [2.24, 2.45) is 5.73 Å². The molecule has 1 unspecified atom stereocenters. The number of nitrogens with two attached hydrogens (primary N) is 1. The Labute approximate surface area is 103 Å². The number of carbonyl (C=O) groups excluding carboxylic acids is 1. The molecule has 0 saturated heterocycles. The topological polar surface area (TPSA) is 74.3 Å². The van der Waals surface area contributed by atoms with Crippen molar-refractivity contribution in [3.8, 4) is 0 Å². The van der Waals surface area contributed by atoms with E-state index in [9.17, 15) is 9.59 Å². The van der Waals surface area contributed by atoms with Crippen LogP contribution in [-0.4, -0.2) is 17.6 Å². The maximum Gasteiger partial charge on any atom is 0.330 e. The Balaban J connectivity index is 2.40. The number of benzene rings is 1. The van der Waals surface area contributed by atoms with Crippen LogP contribution >= 0.6 is 0 Å². The van der Waals surface area contributed by atoms with Crippen molar-refractivity contribution >= 4 is 16.9 Å². The molecule has 0 fully saturated rings. The summed E-state index contributed by atoms with van der Waals surface area (Å²) in [5, 5.41) is 0.897. The molecule has 3 rings (SSSR count). The highest BCUT2D eigenvalue weighted by Gasteiger charge is 2.38. The van der Waals surface area contributed by atoms with E-state index in [1.165, 1.54) is 17.7 Å². The highest BCUT2D eigenvalue weighted by atomic mass is 16.5. The van der Waals surface area contributed by atoms with Crippen molar-refractivity contribution in [3.63, 3.8) is 0 Å². The van der Waals surface area contributed by atoms with Gasteiger partial charge in [-0.3, -0.25) is 9.36 Å². The number of aromatic nitrogens is 1. The highest BCUT2D eigenvalue weighted by molar-refractivity contribution is 5.89. The fourth-order valence-electron chi connectivity index (χ4n) is 2.59. The molecular weight excluding hydrogens is 232 g/mol. The Bertz CT molecular complexity index is 705. The van der Waals surface area contributed by atoms with Gasteiger partial charge in [-0.1, -0.05) is 18.2 Å². The molecule has 2 N–H and O–H groups in total. The minimum atomic E-state index is -0.774. The number of rotatable bonds is 1. The van der Waals surface area contributed by atoms with Crippen LogP contribution in [0.1, 0.15) is 17.6 Å². The van der Waals surface area contributed by atoms with Gasteiger partial charge in [0, 0.05) is 6.07 Å². The fourth-order valence-corrected chi connectivity index (χ4v) is 2.59. The molecule has 1 aliphatic heterocycles. The molecule has 5 heteroatoms. The average Bonchev–Trinajstić information content (AvgIpc) is 2.69. The van der Waals surface area contributed by atoms with Crippen LogP contribution in [0.4, 0.5) is 0 Å². The number of hydrogen-bond donors (Lipinski definition) is 1. The molecular formula is C13H12N2O3. The summed E-state index contributed by atoms with van der Waals surface area (Å²) in [5.41, 5.74) is 7.37. The number of nitrogens with zero attached hydrogens (tertiary/aromatic N) is 1. The second kappa shape index (κ2) is 3.68. The van der Waals surface area contributed by atoms with Crippen molar-refractivity contribution < 1.29 is 9.53 Å². The van der Waals surface area contributed by atoms with Gasteiger partial charge >= 0.3 is 5.97 Å². The summed E-state index contributed by atoms with van der Waals surface area (Å²) in [4.78, 5) is 23.8. The van der Waals surface area contributed by atoms with Crippen molar-refractivity contribution in [3.05, 3.63) is 46.2 Å². The van der Waals surface area contributed by atoms with Crippen molar-refractivity contribution in [1.29, 1.82) is 0 Å². The van der Waals surface area contributed by atoms with E-state index < -0.39 is 18.1 Å². The smallest absolute Gasteiger partial charge is 0.330 e. The zero-order valence-corrected chi connectivity index (χ0v) is 9.79. The number of para-hydroxylation sites is 1. The van der Waals surface area contributed by atoms with Crippen molar-refractivity contribution in [1.82, 2.24) is 4.57 Å². The van der Waals surface area contributed by atoms with Crippen LogP contribution in [0.25, 0.3) is 10.9 Å². The summed E-state index contributed by atoms with van der Waals surface area (Å²) in [6.45, 7) is 0. The first kappa shape index (κ1) is 11.0. The largest absolute Gasteiger partial charge is 0.467 e. The van der Waals surface area contributed by atoms with Gasteiger partial charge in [-0.25, -0.2) is 4.79 Å². The molecule has 0 spiro atoms. The van der Waals surface area contributed by atoms with Crippen LogP contribution in [0.15, 0.2) is 35.1 Å². The lowest BCUT2D eigenvalue weighted by molar-refractivity contribution is -0.145. The molecule has 2 atom stereocenters. The molecule has 0 saturated carbocycles. The maximum atomic E-state index is 12.0. The Kier molecular flexibility index (Phi) is 2.24. The maximum absolute atomic E-state index is 12.0. The molecule has 0 aliphatic carbocycles. The Morgan fingerprint density at radius 1 is 1.33 bits per heavy atom. The Hall–Kier alpha value is -2.14. The monoisotopic (exact) mass is 244 g/mol. The minimum absolute atomic E-state index is 0.238. The van der Waals surface area contributed by atoms with Gasteiger partial charge in [0.2, 0.25) is 0 Å². The third-order valence-electron chi connectivity index (χ3n) is 3.40. The van der Waals surface area contributed by atoms with E-state index in [2.05, 4.69) is 0 Å². The SMILES string of the molecule is COC(=O)[C@H]1C(N)c2cccc3ccc(=O)n1c23. The summed E-state index contributed by atoms with van der Waals surface area (Å²) >= 11 is 0. The third kappa shape index (κ3) is 1.25. The lowest BCUT2D eigenvalue weighted by Gasteiger charge is -2.15. The third-order valence-corrected chi connectivity index (χ3v) is 3.40. The molecule has 5 nitrogen and oxygen atoms in total. The molecule has 1 aromatic carbocycles. The summed E-state index contributed by atoms with van der Waals surface area (Å²) < 4.78 is 6.17. The van der Waals surface area contributed by atoms with E-state index in [0.29, 0.717) is 0 Å². The van der Waals surface area contributed by atoms with E-state index in [0.717, 1.165) is 16.5 Å². The van der Waals surface area contributed by atoms with E-state index in [-0.39, 0.29) is 5.56 Å². The van der Waals surface area contributed by atoms with Gasteiger partial charge in [0.25, 0.3) is 5.56 Å². The van der Waals surface area contributed by atoms with Gasteiger partial charge in [-0.2, -0.15) is 0 Å². The number of methoxy groups -OCH3 is 1.